The number of carbonyl (C=O) groups excluding carboxylic acids is 2. The average Bonchev–Trinajstić information content (AvgIpc) is 3.10. The number of benzene rings is 1. The van der Waals surface area contributed by atoms with E-state index >= 15 is 0 Å². The molecular weight excluding hydrogens is 539 g/mol. The minimum Gasteiger partial charge on any atom is -0.490 e. The van der Waals surface area contributed by atoms with Gasteiger partial charge in [0.25, 0.3) is 11.8 Å². The largest absolute Gasteiger partial charge is 0.490 e. The number of nitrogens with two attached hydrogens (primary N) is 1. The third-order valence-electron chi connectivity index (χ3n) is 7.28. The Balaban J connectivity index is 1.71. The second kappa shape index (κ2) is 9.96. The zero-order valence-electron chi connectivity index (χ0n) is 20.6. The maximum Gasteiger partial charge on any atom is 0.417 e. The fourth-order valence-corrected chi connectivity index (χ4v) is 4.94. The quantitative estimate of drug-likeness (QED) is 0.464. The fraction of sp³-hybridized carbons (Fsp3) is 0.480. The first-order valence-corrected chi connectivity index (χ1v) is 11.8. The zero-order chi connectivity index (χ0) is 28.9. The molecular formula is C25H24F7N3O4. The first-order chi connectivity index (χ1) is 18.0. The summed E-state index contributed by atoms with van der Waals surface area (Å²) >= 11 is 0. The normalized spacial score (nSPS) is 26.6. The van der Waals surface area contributed by atoms with Crippen molar-refractivity contribution in [2.75, 3.05) is 11.9 Å². The molecule has 1 aliphatic carbocycles. The van der Waals surface area contributed by atoms with Crippen molar-refractivity contribution in [2.45, 2.75) is 56.4 Å². The molecule has 2 aromatic rings. The third-order valence-corrected chi connectivity index (χ3v) is 7.28. The maximum atomic E-state index is 14.9. The van der Waals surface area contributed by atoms with Crippen LogP contribution in [0, 0.1) is 23.5 Å². The molecule has 1 saturated heterocycles. The van der Waals surface area contributed by atoms with Gasteiger partial charge in [-0.3, -0.25) is 14.6 Å². The minimum absolute atomic E-state index is 0.0351. The van der Waals surface area contributed by atoms with Crippen molar-refractivity contribution in [3.63, 3.8) is 0 Å². The second-order valence-corrected chi connectivity index (χ2v) is 9.96. The van der Waals surface area contributed by atoms with Crippen molar-refractivity contribution in [1.29, 1.82) is 0 Å². The third kappa shape index (κ3) is 5.38. The number of carbonyl (C=O) groups is 2. The average molecular weight is 563 g/mol. The molecule has 7 nitrogen and oxygen atoms in total. The predicted octanol–water partition coefficient (Wildman–Crippen LogP) is 4.96. The van der Waals surface area contributed by atoms with Gasteiger partial charge in [0, 0.05) is 48.0 Å². The van der Waals surface area contributed by atoms with E-state index in [0.717, 1.165) is 32.2 Å². The van der Waals surface area contributed by atoms with Crippen LogP contribution in [0.25, 0.3) is 0 Å². The van der Waals surface area contributed by atoms with Gasteiger partial charge < -0.3 is 20.5 Å². The van der Waals surface area contributed by atoms with Crippen LogP contribution in [-0.4, -0.2) is 47.2 Å². The molecule has 14 heteroatoms. The molecule has 212 valence electrons. The summed E-state index contributed by atoms with van der Waals surface area (Å²) in [6, 6.07) is 3.99. The number of rotatable bonds is 7. The molecule has 2 heterocycles. The summed E-state index contributed by atoms with van der Waals surface area (Å²) in [5, 5.41) is 2.34. The van der Waals surface area contributed by atoms with E-state index in [1.54, 1.807) is 0 Å². The smallest absolute Gasteiger partial charge is 0.417 e. The summed E-state index contributed by atoms with van der Waals surface area (Å²) in [4.78, 5) is 28.4. The monoisotopic (exact) mass is 563 g/mol. The Labute approximate surface area is 217 Å². The molecule has 2 aliphatic rings. The molecule has 0 spiro atoms. The Morgan fingerprint density at radius 3 is 2.46 bits per heavy atom. The minimum atomic E-state index is -4.98. The van der Waals surface area contributed by atoms with Crippen LogP contribution in [0.3, 0.4) is 0 Å². The summed E-state index contributed by atoms with van der Waals surface area (Å²) in [6.45, 7) is 1.43. The first-order valence-electron chi connectivity index (χ1n) is 11.8. The maximum absolute atomic E-state index is 14.9. The molecule has 1 saturated carbocycles. The van der Waals surface area contributed by atoms with Gasteiger partial charge in [0.15, 0.2) is 17.2 Å². The van der Waals surface area contributed by atoms with E-state index in [4.69, 9.17) is 15.2 Å². The number of aromatic nitrogens is 1. The number of alkyl halides is 5. The van der Waals surface area contributed by atoms with E-state index in [1.165, 1.54) is 6.07 Å². The van der Waals surface area contributed by atoms with E-state index in [2.05, 4.69) is 10.3 Å². The van der Waals surface area contributed by atoms with Crippen LogP contribution in [0.2, 0.25) is 0 Å². The van der Waals surface area contributed by atoms with Crippen molar-refractivity contribution < 1.29 is 49.8 Å². The van der Waals surface area contributed by atoms with Gasteiger partial charge in [0.05, 0.1) is 6.61 Å². The number of pyridine rings is 1. The van der Waals surface area contributed by atoms with E-state index in [0.29, 0.717) is 6.07 Å². The molecule has 0 radical (unpaired) electrons. The highest BCUT2D eigenvalue weighted by Crippen LogP contribution is 2.55. The molecule has 0 unspecified atom stereocenters. The van der Waals surface area contributed by atoms with Gasteiger partial charge in [-0.15, -0.1) is 0 Å². The predicted molar refractivity (Wildman–Crippen MR) is 122 cm³/mol. The summed E-state index contributed by atoms with van der Waals surface area (Å²) in [7, 11) is 0. The van der Waals surface area contributed by atoms with Crippen LogP contribution in [0.15, 0.2) is 30.5 Å². The number of primary amides is 1. The van der Waals surface area contributed by atoms with Crippen LogP contribution in [-0.2, 0) is 9.53 Å². The van der Waals surface area contributed by atoms with E-state index in [1.807, 2.05) is 0 Å². The SMILES string of the molecule is C[C@H]1[C@@H](c2ccc(F)c(F)c2OCC2CC(F)(F)C2)[C@@H](C(=O)Nc2ccnc(C(N)=O)c2)O[C@]1(C)C(F)(F)F. The van der Waals surface area contributed by atoms with Crippen LogP contribution in [0.4, 0.5) is 36.4 Å². The lowest BCUT2D eigenvalue weighted by atomic mass is 9.76. The van der Waals surface area contributed by atoms with Gasteiger partial charge in [0.2, 0.25) is 11.7 Å². The van der Waals surface area contributed by atoms with Gasteiger partial charge in [-0.05, 0) is 25.1 Å². The molecule has 4 atom stereocenters. The summed E-state index contributed by atoms with van der Waals surface area (Å²) < 4.78 is 109. The summed E-state index contributed by atoms with van der Waals surface area (Å²) in [6.07, 6.45) is -6.82. The molecule has 1 aromatic carbocycles. The van der Waals surface area contributed by atoms with Gasteiger partial charge in [-0.2, -0.15) is 17.6 Å². The number of hydrogen-bond acceptors (Lipinski definition) is 5. The second-order valence-electron chi connectivity index (χ2n) is 9.96. The highest BCUT2D eigenvalue weighted by atomic mass is 19.4. The summed E-state index contributed by atoms with van der Waals surface area (Å²) in [5.74, 6) is -12.3. The van der Waals surface area contributed by atoms with Crippen LogP contribution in [0.1, 0.15) is 48.7 Å². The Kier molecular flexibility index (Phi) is 7.30. The van der Waals surface area contributed by atoms with Crippen molar-refractivity contribution in [1.82, 2.24) is 4.98 Å². The molecule has 2 fully saturated rings. The van der Waals surface area contributed by atoms with Gasteiger partial charge in [-0.25, -0.2) is 13.2 Å². The molecule has 1 aromatic heterocycles. The topological polar surface area (TPSA) is 104 Å². The van der Waals surface area contributed by atoms with Crippen molar-refractivity contribution in [2.24, 2.45) is 17.6 Å². The van der Waals surface area contributed by atoms with Crippen LogP contribution in [0.5, 0.6) is 5.75 Å². The molecule has 1 aliphatic heterocycles. The molecule has 2 amide bonds. The molecule has 4 rings (SSSR count). The molecule has 39 heavy (non-hydrogen) atoms. The fourth-order valence-electron chi connectivity index (χ4n) is 4.94. The molecule has 0 bridgehead atoms. The number of nitrogens with one attached hydrogen (secondary N) is 1. The van der Waals surface area contributed by atoms with Gasteiger partial charge in [-0.1, -0.05) is 13.0 Å². The van der Waals surface area contributed by atoms with E-state index in [9.17, 15) is 40.3 Å². The van der Waals surface area contributed by atoms with Crippen molar-refractivity contribution >= 4 is 17.5 Å². The van der Waals surface area contributed by atoms with Crippen LogP contribution < -0.4 is 15.8 Å². The summed E-state index contributed by atoms with van der Waals surface area (Å²) in [5.41, 5.74) is 1.71. The lowest BCUT2D eigenvalue weighted by molar-refractivity contribution is -0.272. The van der Waals surface area contributed by atoms with E-state index < -0.39 is 90.2 Å². The van der Waals surface area contributed by atoms with Crippen molar-refractivity contribution in [3.8, 4) is 5.75 Å². The highest BCUT2D eigenvalue weighted by molar-refractivity contribution is 5.97. The number of amides is 2. The lowest BCUT2D eigenvalue weighted by Crippen LogP contribution is -2.47. The number of nitrogens with zero attached hydrogens (tertiary/aromatic N) is 1. The zero-order valence-corrected chi connectivity index (χ0v) is 20.6. The number of anilines is 1. The number of ether oxygens (including phenoxy) is 2. The van der Waals surface area contributed by atoms with Gasteiger partial charge >= 0.3 is 6.18 Å². The standard InChI is InChI=1S/C25H24F7N3O4/c1-11-17(14-3-4-15(26)18(27)19(14)38-10-12-8-24(28,29)9-12)20(39-23(11,2)25(30,31)32)22(37)35-13-5-6-34-16(7-13)21(33)36/h3-7,11-12,17,20H,8-10H2,1-2H3,(H2,33,36)(H,34,35,37)/t11-,17-,20-,23-/m0/s1. The van der Waals surface area contributed by atoms with Crippen molar-refractivity contribution in [3.05, 3.63) is 53.4 Å². The first kappa shape index (κ1) is 28.6. The Bertz CT molecular complexity index is 1280. The number of hydrogen-bond donors (Lipinski definition) is 2. The van der Waals surface area contributed by atoms with E-state index in [-0.39, 0.29) is 16.9 Å². The Morgan fingerprint density at radius 2 is 1.87 bits per heavy atom. The number of halogens is 7. The lowest BCUT2D eigenvalue weighted by Gasteiger charge is -2.35. The van der Waals surface area contributed by atoms with Crippen LogP contribution >= 0.6 is 0 Å². The molecule has 3 N–H and O–H groups in total. The van der Waals surface area contributed by atoms with Gasteiger partial charge in [0.1, 0.15) is 11.8 Å². The highest BCUT2D eigenvalue weighted by Gasteiger charge is 2.66. The Hall–Kier alpha value is -3.42. The Morgan fingerprint density at radius 1 is 1.21 bits per heavy atom.